The molecule has 1 aromatic heterocycles. The van der Waals surface area contributed by atoms with E-state index in [0.717, 1.165) is 31.5 Å². The molecule has 0 aliphatic carbocycles. The summed E-state index contributed by atoms with van der Waals surface area (Å²) in [4.78, 5) is 19.9. The SMILES string of the molecule is O=C1N/C(=N\c2nnc(-c3ccc(F)cc3)o2)SC1(CN1CCCC1)c1ccccc1. The minimum atomic E-state index is -0.787. The van der Waals surface area contributed by atoms with Crippen molar-refractivity contribution >= 4 is 28.9 Å². The van der Waals surface area contributed by atoms with Crippen molar-refractivity contribution in [1.82, 2.24) is 20.4 Å². The number of nitrogens with zero attached hydrogens (tertiary/aromatic N) is 4. The van der Waals surface area contributed by atoms with Gasteiger partial charge in [-0.2, -0.15) is 4.99 Å². The summed E-state index contributed by atoms with van der Waals surface area (Å²) < 4.78 is 18.0. The molecule has 2 fully saturated rings. The summed E-state index contributed by atoms with van der Waals surface area (Å²) in [7, 11) is 0. The molecule has 1 unspecified atom stereocenters. The van der Waals surface area contributed by atoms with E-state index in [1.165, 1.54) is 23.9 Å². The summed E-state index contributed by atoms with van der Waals surface area (Å²) in [5, 5.41) is 11.2. The lowest BCUT2D eigenvalue weighted by Gasteiger charge is -2.30. The van der Waals surface area contributed by atoms with Crippen LogP contribution in [0.15, 0.2) is 64.0 Å². The molecule has 9 heteroatoms. The summed E-state index contributed by atoms with van der Waals surface area (Å²) in [6.45, 7) is 2.58. The van der Waals surface area contributed by atoms with Gasteiger partial charge in [-0.1, -0.05) is 47.2 Å². The number of nitrogens with one attached hydrogen (secondary N) is 1. The van der Waals surface area contributed by atoms with Gasteiger partial charge in [0.2, 0.25) is 11.8 Å². The highest BCUT2D eigenvalue weighted by molar-refractivity contribution is 8.16. The molecule has 31 heavy (non-hydrogen) atoms. The first-order valence-corrected chi connectivity index (χ1v) is 10.9. The number of likely N-dealkylation sites (tertiary alicyclic amines) is 1. The molecule has 2 aliphatic rings. The van der Waals surface area contributed by atoms with E-state index in [1.807, 2.05) is 30.3 Å². The van der Waals surface area contributed by atoms with Gasteiger partial charge in [-0.3, -0.25) is 4.79 Å². The molecule has 0 bridgehead atoms. The number of carbonyl (C=O) groups is 1. The van der Waals surface area contributed by atoms with E-state index in [4.69, 9.17) is 4.42 Å². The average molecular weight is 438 g/mol. The van der Waals surface area contributed by atoms with Gasteiger partial charge in [0.15, 0.2) is 5.17 Å². The van der Waals surface area contributed by atoms with Gasteiger partial charge in [0, 0.05) is 12.1 Å². The van der Waals surface area contributed by atoms with Crippen molar-refractivity contribution in [3.05, 3.63) is 66.0 Å². The molecular weight excluding hydrogens is 417 g/mol. The van der Waals surface area contributed by atoms with Gasteiger partial charge in [0.25, 0.3) is 0 Å². The van der Waals surface area contributed by atoms with Gasteiger partial charge in [-0.15, -0.1) is 5.10 Å². The van der Waals surface area contributed by atoms with Crippen LogP contribution in [0.25, 0.3) is 11.5 Å². The molecule has 1 amide bonds. The largest absolute Gasteiger partial charge is 0.402 e. The number of amidine groups is 1. The number of benzene rings is 2. The minimum absolute atomic E-state index is 0.0344. The Morgan fingerprint density at radius 1 is 1.10 bits per heavy atom. The topological polar surface area (TPSA) is 83.6 Å². The molecule has 3 aromatic rings. The molecule has 0 spiro atoms. The number of aromatic nitrogens is 2. The van der Waals surface area contributed by atoms with E-state index in [2.05, 4.69) is 25.4 Å². The zero-order valence-corrected chi connectivity index (χ0v) is 17.4. The maximum Gasteiger partial charge on any atom is 0.345 e. The van der Waals surface area contributed by atoms with E-state index in [-0.39, 0.29) is 23.6 Å². The highest BCUT2D eigenvalue weighted by Crippen LogP contribution is 2.43. The Balaban J connectivity index is 1.43. The smallest absolute Gasteiger partial charge is 0.345 e. The van der Waals surface area contributed by atoms with Crippen molar-refractivity contribution in [1.29, 1.82) is 0 Å². The molecule has 3 heterocycles. The van der Waals surface area contributed by atoms with Gasteiger partial charge < -0.3 is 14.6 Å². The second-order valence-corrected chi connectivity index (χ2v) is 8.83. The fourth-order valence-corrected chi connectivity index (χ4v) is 5.13. The molecular formula is C22H20FN5O2S. The van der Waals surface area contributed by atoms with Crippen molar-refractivity contribution in [2.75, 3.05) is 19.6 Å². The van der Waals surface area contributed by atoms with Crippen LogP contribution in [-0.4, -0.2) is 45.8 Å². The van der Waals surface area contributed by atoms with Crippen molar-refractivity contribution in [3.63, 3.8) is 0 Å². The highest BCUT2D eigenvalue weighted by Gasteiger charge is 2.49. The average Bonchev–Trinajstić information content (AvgIpc) is 3.52. The number of hydrogen-bond acceptors (Lipinski definition) is 7. The number of carbonyl (C=O) groups excluding carboxylic acids is 1. The molecule has 0 radical (unpaired) electrons. The molecule has 1 atom stereocenters. The molecule has 2 saturated heterocycles. The van der Waals surface area contributed by atoms with Crippen LogP contribution in [0, 0.1) is 5.82 Å². The Morgan fingerprint density at radius 3 is 2.58 bits per heavy atom. The van der Waals surface area contributed by atoms with E-state index >= 15 is 0 Å². The lowest BCUT2D eigenvalue weighted by Crippen LogP contribution is -2.43. The van der Waals surface area contributed by atoms with Gasteiger partial charge >= 0.3 is 6.01 Å². The predicted octanol–water partition coefficient (Wildman–Crippen LogP) is 3.72. The van der Waals surface area contributed by atoms with Crippen molar-refractivity contribution < 1.29 is 13.6 Å². The van der Waals surface area contributed by atoms with Gasteiger partial charge in [-0.25, -0.2) is 4.39 Å². The Bertz CT molecular complexity index is 1110. The van der Waals surface area contributed by atoms with Crippen LogP contribution in [0.1, 0.15) is 18.4 Å². The van der Waals surface area contributed by atoms with E-state index in [9.17, 15) is 9.18 Å². The number of halogens is 1. The summed E-state index contributed by atoms with van der Waals surface area (Å²) in [5.41, 5.74) is 1.53. The van der Waals surface area contributed by atoms with Crippen LogP contribution in [0.3, 0.4) is 0 Å². The number of hydrogen-bond donors (Lipinski definition) is 1. The Hall–Kier alpha value is -3.04. The zero-order chi connectivity index (χ0) is 21.3. The third kappa shape index (κ3) is 3.98. The van der Waals surface area contributed by atoms with Crippen LogP contribution in [-0.2, 0) is 9.54 Å². The summed E-state index contributed by atoms with van der Waals surface area (Å²) in [5.74, 6) is -0.211. The molecule has 1 N–H and O–H groups in total. The first-order chi connectivity index (χ1) is 15.1. The van der Waals surface area contributed by atoms with Gasteiger partial charge in [0.05, 0.1) is 0 Å². The fraction of sp³-hybridized carbons (Fsp3) is 0.273. The molecule has 0 saturated carbocycles. The number of amides is 1. The standard InChI is InChI=1S/C22H20FN5O2S/c23-17-10-8-15(9-11-17)18-26-27-20(30-18)25-21-24-19(29)22(31-21,14-28-12-4-5-13-28)16-6-2-1-3-7-16/h1-3,6-11H,4-5,12-14H2,(H,24,25,27,29). The lowest BCUT2D eigenvalue weighted by molar-refractivity contribution is -0.122. The number of aliphatic imine (C=N–C) groups is 1. The maximum absolute atomic E-state index is 13.2. The maximum atomic E-state index is 13.2. The second kappa shape index (κ2) is 8.24. The van der Waals surface area contributed by atoms with Crippen molar-refractivity contribution in [2.24, 2.45) is 4.99 Å². The van der Waals surface area contributed by atoms with E-state index < -0.39 is 4.75 Å². The minimum Gasteiger partial charge on any atom is -0.402 e. The monoisotopic (exact) mass is 437 g/mol. The van der Waals surface area contributed by atoms with Crippen molar-refractivity contribution in [3.8, 4) is 11.5 Å². The van der Waals surface area contributed by atoms with E-state index in [1.54, 1.807) is 12.1 Å². The zero-order valence-electron chi connectivity index (χ0n) is 16.6. The fourth-order valence-electron chi connectivity index (χ4n) is 3.89. The number of rotatable bonds is 5. The second-order valence-electron chi connectivity index (χ2n) is 7.55. The molecule has 5 rings (SSSR count). The third-order valence-corrected chi connectivity index (χ3v) is 6.73. The first-order valence-electron chi connectivity index (χ1n) is 10.1. The van der Waals surface area contributed by atoms with Crippen LogP contribution < -0.4 is 5.32 Å². The Labute approximate surface area is 182 Å². The number of thioether (sulfide) groups is 1. The predicted molar refractivity (Wildman–Crippen MR) is 116 cm³/mol. The summed E-state index contributed by atoms with van der Waals surface area (Å²) in [6, 6.07) is 15.6. The Kier molecular flexibility index (Phi) is 5.29. The third-order valence-electron chi connectivity index (χ3n) is 5.45. The van der Waals surface area contributed by atoms with Gasteiger partial charge in [0.1, 0.15) is 10.6 Å². The van der Waals surface area contributed by atoms with Gasteiger partial charge in [-0.05, 0) is 55.8 Å². The van der Waals surface area contributed by atoms with Crippen molar-refractivity contribution in [2.45, 2.75) is 17.6 Å². The van der Waals surface area contributed by atoms with E-state index in [0.29, 0.717) is 17.3 Å². The Morgan fingerprint density at radius 2 is 1.84 bits per heavy atom. The normalized spacial score (nSPS) is 22.9. The molecule has 2 aromatic carbocycles. The quantitative estimate of drug-likeness (QED) is 0.655. The molecule has 2 aliphatic heterocycles. The molecule has 7 nitrogen and oxygen atoms in total. The van der Waals surface area contributed by atoms with Crippen LogP contribution in [0.5, 0.6) is 0 Å². The van der Waals surface area contributed by atoms with Crippen LogP contribution in [0.2, 0.25) is 0 Å². The highest BCUT2D eigenvalue weighted by atomic mass is 32.2. The molecule has 158 valence electrons. The van der Waals surface area contributed by atoms with Crippen LogP contribution >= 0.6 is 11.8 Å². The van der Waals surface area contributed by atoms with Crippen LogP contribution in [0.4, 0.5) is 10.4 Å². The summed E-state index contributed by atoms with van der Waals surface area (Å²) >= 11 is 1.38. The summed E-state index contributed by atoms with van der Waals surface area (Å²) in [6.07, 6.45) is 2.29. The first kappa shape index (κ1) is 19.9. The lowest BCUT2D eigenvalue weighted by atomic mass is 9.96.